The second-order valence-electron chi connectivity index (χ2n) is 3.77. The summed E-state index contributed by atoms with van der Waals surface area (Å²) in [5.41, 5.74) is -1.56. The van der Waals surface area contributed by atoms with E-state index in [-0.39, 0.29) is 12.1 Å². The summed E-state index contributed by atoms with van der Waals surface area (Å²) in [4.78, 5) is 10.5. The number of hydrogen-bond acceptors (Lipinski definition) is 3. The van der Waals surface area contributed by atoms with E-state index in [2.05, 4.69) is 0 Å². The molecular formula is C10H7F6NO3. The van der Waals surface area contributed by atoms with Gasteiger partial charge in [0.15, 0.2) is 6.10 Å². The minimum atomic E-state index is -5.30. The monoisotopic (exact) mass is 303 g/mol. The SMILES string of the molecule is Nc1cc(C(F)(F)F)c(C(O)C(=O)O)c(C(F)(F)F)c1. The predicted octanol–water partition coefficient (Wildman–Crippen LogP) is 2.42. The average molecular weight is 303 g/mol. The number of halogens is 6. The zero-order chi connectivity index (χ0) is 15.9. The molecule has 0 amide bonds. The van der Waals surface area contributed by atoms with Gasteiger partial charge in [-0.25, -0.2) is 4.79 Å². The normalized spacial score (nSPS) is 14.2. The summed E-state index contributed by atoms with van der Waals surface area (Å²) >= 11 is 0. The van der Waals surface area contributed by atoms with Crippen molar-refractivity contribution in [2.45, 2.75) is 18.5 Å². The molecular weight excluding hydrogens is 296 g/mol. The number of aliphatic carboxylic acids is 1. The molecule has 0 bridgehead atoms. The number of hydrogen-bond donors (Lipinski definition) is 3. The lowest BCUT2D eigenvalue weighted by molar-refractivity contribution is -0.153. The second-order valence-corrected chi connectivity index (χ2v) is 3.77. The maximum atomic E-state index is 12.7. The fourth-order valence-corrected chi connectivity index (χ4v) is 1.56. The van der Waals surface area contributed by atoms with Gasteiger partial charge in [-0.15, -0.1) is 0 Å². The number of nitrogen functional groups attached to an aromatic ring is 1. The van der Waals surface area contributed by atoms with Crippen molar-refractivity contribution in [3.05, 3.63) is 28.8 Å². The molecule has 0 aromatic heterocycles. The van der Waals surface area contributed by atoms with Crippen molar-refractivity contribution >= 4 is 11.7 Å². The van der Waals surface area contributed by atoms with Gasteiger partial charge in [-0.1, -0.05) is 0 Å². The Kier molecular flexibility index (Phi) is 3.90. The van der Waals surface area contributed by atoms with Crippen LogP contribution in [-0.4, -0.2) is 16.2 Å². The summed E-state index contributed by atoms with van der Waals surface area (Å²) in [7, 11) is 0. The highest BCUT2D eigenvalue weighted by Gasteiger charge is 2.44. The Labute approximate surface area is 107 Å². The molecule has 1 aromatic rings. The van der Waals surface area contributed by atoms with Gasteiger partial charge in [0.05, 0.1) is 11.1 Å². The Balaban J connectivity index is 3.77. The summed E-state index contributed by atoms with van der Waals surface area (Å²) in [6.45, 7) is 0. The summed E-state index contributed by atoms with van der Waals surface area (Å²) in [5, 5.41) is 17.6. The molecule has 4 N–H and O–H groups in total. The largest absolute Gasteiger partial charge is 0.479 e. The van der Waals surface area contributed by atoms with Gasteiger partial charge in [0.25, 0.3) is 0 Å². The molecule has 0 radical (unpaired) electrons. The average Bonchev–Trinajstić information content (AvgIpc) is 2.24. The molecule has 0 saturated heterocycles. The third-order valence-electron chi connectivity index (χ3n) is 2.32. The number of rotatable bonds is 2. The van der Waals surface area contributed by atoms with Crippen molar-refractivity contribution in [3.8, 4) is 0 Å². The first-order chi connectivity index (χ1) is 8.85. The van der Waals surface area contributed by atoms with Crippen molar-refractivity contribution in [2.24, 2.45) is 0 Å². The van der Waals surface area contributed by atoms with E-state index in [4.69, 9.17) is 15.9 Å². The molecule has 1 atom stereocenters. The van der Waals surface area contributed by atoms with Crippen LogP contribution < -0.4 is 5.73 Å². The Bertz CT molecular complexity index is 502. The highest BCUT2D eigenvalue weighted by Crippen LogP contribution is 2.43. The van der Waals surface area contributed by atoms with Crippen LogP contribution in [0.4, 0.5) is 32.0 Å². The van der Waals surface area contributed by atoms with Crippen LogP contribution in [0.25, 0.3) is 0 Å². The lowest BCUT2D eigenvalue weighted by atomic mass is 9.94. The van der Waals surface area contributed by atoms with Gasteiger partial charge in [0.1, 0.15) is 0 Å². The smallest absolute Gasteiger partial charge is 0.416 e. The quantitative estimate of drug-likeness (QED) is 0.579. The number of carboxylic acids is 1. The second kappa shape index (κ2) is 4.85. The zero-order valence-corrected chi connectivity index (χ0v) is 9.38. The van der Waals surface area contributed by atoms with E-state index in [1.165, 1.54) is 0 Å². The van der Waals surface area contributed by atoms with E-state index in [0.29, 0.717) is 0 Å². The molecule has 0 aliphatic carbocycles. The molecule has 0 fully saturated rings. The lowest BCUT2D eigenvalue weighted by Gasteiger charge is -2.21. The lowest BCUT2D eigenvalue weighted by Crippen LogP contribution is -2.23. The number of benzene rings is 1. The first kappa shape index (κ1) is 16.1. The van der Waals surface area contributed by atoms with Crippen LogP contribution in [0.5, 0.6) is 0 Å². The van der Waals surface area contributed by atoms with Crippen molar-refractivity contribution in [1.82, 2.24) is 0 Å². The summed E-state index contributed by atoms with van der Waals surface area (Å²) in [5.74, 6) is -2.24. The fraction of sp³-hybridized carbons (Fsp3) is 0.300. The van der Waals surface area contributed by atoms with Crippen LogP contribution >= 0.6 is 0 Å². The number of carboxylic acid groups (broad SMARTS) is 1. The molecule has 1 rings (SSSR count). The van der Waals surface area contributed by atoms with Crippen molar-refractivity contribution in [2.75, 3.05) is 5.73 Å². The molecule has 0 saturated carbocycles. The van der Waals surface area contributed by atoms with E-state index in [1.807, 2.05) is 0 Å². The zero-order valence-electron chi connectivity index (χ0n) is 9.38. The molecule has 0 spiro atoms. The molecule has 10 heteroatoms. The Hall–Kier alpha value is -1.97. The van der Waals surface area contributed by atoms with Crippen LogP contribution in [0, 0.1) is 0 Å². The number of alkyl halides is 6. The van der Waals surface area contributed by atoms with Gasteiger partial charge in [0.2, 0.25) is 0 Å². The summed E-state index contributed by atoms with van der Waals surface area (Å²) in [6, 6.07) is 0.271. The van der Waals surface area contributed by atoms with E-state index in [0.717, 1.165) is 0 Å². The van der Waals surface area contributed by atoms with E-state index in [9.17, 15) is 31.1 Å². The van der Waals surface area contributed by atoms with Crippen LogP contribution in [0.1, 0.15) is 22.8 Å². The predicted molar refractivity (Wildman–Crippen MR) is 53.5 cm³/mol. The van der Waals surface area contributed by atoms with Gasteiger partial charge < -0.3 is 15.9 Å². The minimum absolute atomic E-state index is 0.136. The molecule has 1 aromatic carbocycles. The maximum Gasteiger partial charge on any atom is 0.416 e. The van der Waals surface area contributed by atoms with E-state index in [1.54, 1.807) is 0 Å². The van der Waals surface area contributed by atoms with E-state index < -0.39 is 46.8 Å². The Morgan fingerprint density at radius 2 is 1.40 bits per heavy atom. The molecule has 20 heavy (non-hydrogen) atoms. The third-order valence-corrected chi connectivity index (χ3v) is 2.32. The van der Waals surface area contributed by atoms with Crippen LogP contribution in [0.2, 0.25) is 0 Å². The highest BCUT2D eigenvalue weighted by atomic mass is 19.4. The standard InChI is InChI=1S/C10H7F6NO3/c11-9(12,13)4-1-3(17)2-5(10(14,15)16)6(4)7(18)8(19)20/h1-2,7,18H,17H2,(H,19,20). The van der Waals surface area contributed by atoms with Gasteiger partial charge in [-0.3, -0.25) is 0 Å². The molecule has 0 aliphatic heterocycles. The topological polar surface area (TPSA) is 83.5 Å². The summed E-state index contributed by atoms with van der Waals surface area (Å²) in [6.07, 6.45) is -13.6. The minimum Gasteiger partial charge on any atom is -0.479 e. The third kappa shape index (κ3) is 3.13. The molecule has 112 valence electrons. The highest BCUT2D eigenvalue weighted by molar-refractivity contribution is 5.76. The van der Waals surface area contributed by atoms with Crippen LogP contribution in [0.3, 0.4) is 0 Å². The van der Waals surface area contributed by atoms with Crippen molar-refractivity contribution < 1.29 is 41.4 Å². The molecule has 0 aliphatic rings. The van der Waals surface area contributed by atoms with Gasteiger partial charge in [-0.05, 0) is 12.1 Å². The number of aliphatic hydroxyl groups excluding tert-OH is 1. The molecule has 1 unspecified atom stereocenters. The van der Waals surface area contributed by atoms with Gasteiger partial charge >= 0.3 is 18.3 Å². The fourth-order valence-electron chi connectivity index (χ4n) is 1.56. The number of carbonyl (C=O) groups is 1. The van der Waals surface area contributed by atoms with Crippen molar-refractivity contribution in [3.63, 3.8) is 0 Å². The van der Waals surface area contributed by atoms with Crippen LogP contribution in [-0.2, 0) is 17.1 Å². The van der Waals surface area contributed by atoms with Crippen molar-refractivity contribution in [1.29, 1.82) is 0 Å². The Morgan fingerprint density at radius 3 is 1.65 bits per heavy atom. The van der Waals surface area contributed by atoms with Gasteiger partial charge in [0, 0.05) is 11.3 Å². The molecule has 0 heterocycles. The van der Waals surface area contributed by atoms with Crippen LogP contribution in [0.15, 0.2) is 12.1 Å². The Morgan fingerprint density at radius 1 is 1.05 bits per heavy atom. The summed E-state index contributed by atoms with van der Waals surface area (Å²) < 4.78 is 76.2. The van der Waals surface area contributed by atoms with E-state index >= 15 is 0 Å². The number of aliphatic hydroxyl groups is 1. The first-order valence-corrected chi connectivity index (χ1v) is 4.84. The maximum absolute atomic E-state index is 12.7. The van der Waals surface area contributed by atoms with Gasteiger partial charge in [-0.2, -0.15) is 26.3 Å². The number of anilines is 1. The molecule has 4 nitrogen and oxygen atoms in total. The first-order valence-electron chi connectivity index (χ1n) is 4.84. The number of nitrogens with two attached hydrogens (primary N) is 1.